The summed E-state index contributed by atoms with van der Waals surface area (Å²) in [6, 6.07) is 18.0. The van der Waals surface area contributed by atoms with Crippen molar-refractivity contribution in [3.05, 3.63) is 87.6 Å². The van der Waals surface area contributed by atoms with Crippen LogP contribution in [0.25, 0.3) is 22.0 Å². The van der Waals surface area contributed by atoms with Gasteiger partial charge in [-0.25, -0.2) is 0 Å². The Morgan fingerprint density at radius 2 is 1.80 bits per heavy atom. The number of fused-ring (bicyclic) bond motifs is 1. The highest BCUT2D eigenvalue weighted by Gasteiger charge is 2.21. The van der Waals surface area contributed by atoms with Crippen molar-refractivity contribution in [1.82, 2.24) is 20.0 Å². The molecule has 1 fully saturated rings. The lowest BCUT2D eigenvalue weighted by Crippen LogP contribution is -2.43. The minimum Gasteiger partial charge on any atom is -0.345 e. The van der Waals surface area contributed by atoms with Crippen LogP contribution < -0.4 is 5.32 Å². The zero-order valence-electron chi connectivity index (χ0n) is 28.3. The highest BCUT2D eigenvalue weighted by Crippen LogP contribution is 2.31. The molecule has 3 aromatic carbocycles. The average molecular weight is 630 g/mol. The Labute approximate surface area is 273 Å². The molecule has 1 amide bonds. The quantitative estimate of drug-likeness (QED) is 0.159. The van der Waals surface area contributed by atoms with E-state index in [0.29, 0.717) is 17.2 Å². The van der Waals surface area contributed by atoms with Crippen molar-refractivity contribution in [3.8, 4) is 11.1 Å². The lowest BCUT2D eigenvalue weighted by molar-refractivity contribution is 0.0827. The van der Waals surface area contributed by atoms with Crippen molar-refractivity contribution in [1.29, 1.82) is 0 Å². The first-order valence-electron chi connectivity index (χ1n) is 15.8. The van der Waals surface area contributed by atoms with Crippen LogP contribution in [0.1, 0.15) is 78.1 Å². The second kappa shape index (κ2) is 16.5. The summed E-state index contributed by atoms with van der Waals surface area (Å²) in [5.74, 6) is 0.602. The highest BCUT2D eigenvalue weighted by molar-refractivity contribution is 6.34. The number of amides is 1. The van der Waals surface area contributed by atoms with E-state index in [9.17, 15) is 9.59 Å². The molecule has 1 saturated heterocycles. The number of aryl methyl sites for hydroxylation is 2. The van der Waals surface area contributed by atoms with E-state index in [2.05, 4.69) is 35.3 Å². The van der Waals surface area contributed by atoms with Gasteiger partial charge >= 0.3 is 0 Å². The van der Waals surface area contributed by atoms with Crippen LogP contribution in [0.3, 0.4) is 0 Å². The molecule has 8 heteroatoms. The molecule has 0 aliphatic carbocycles. The van der Waals surface area contributed by atoms with Crippen LogP contribution in [-0.2, 0) is 13.5 Å². The summed E-state index contributed by atoms with van der Waals surface area (Å²) in [5, 5.41) is 9.53. The molecule has 5 rings (SSSR count). The summed E-state index contributed by atoms with van der Waals surface area (Å²) in [4.78, 5) is 30.3. The van der Waals surface area contributed by atoms with Gasteiger partial charge < -0.3 is 10.2 Å². The van der Waals surface area contributed by atoms with Crippen molar-refractivity contribution < 1.29 is 9.59 Å². The number of aliphatic imine (C=N–C) groups is 1. The van der Waals surface area contributed by atoms with Crippen LogP contribution in [0.15, 0.2) is 59.6 Å². The van der Waals surface area contributed by atoms with Gasteiger partial charge in [0.05, 0.1) is 5.52 Å². The topological polar surface area (TPSA) is 79.6 Å². The van der Waals surface area contributed by atoms with Gasteiger partial charge in [0.1, 0.15) is 5.69 Å². The van der Waals surface area contributed by atoms with E-state index in [0.717, 1.165) is 70.7 Å². The molecule has 4 aromatic rings. The summed E-state index contributed by atoms with van der Waals surface area (Å²) >= 11 is 6.16. The molecule has 0 bridgehead atoms. The SMILES string of the molecule is CC.CC(=O)c1c2ccc(-c3ccc(C(=O)N(C)C)cc3CC3CNC3)cc2nn1C.CCCC(=NC)c1c(C)cccc1Cl. The molecule has 0 atom stereocenters. The van der Waals surface area contributed by atoms with Crippen molar-refractivity contribution in [2.45, 2.75) is 53.9 Å². The minimum atomic E-state index is 0.00692. The fourth-order valence-electron chi connectivity index (χ4n) is 5.61. The fourth-order valence-corrected chi connectivity index (χ4v) is 5.94. The van der Waals surface area contributed by atoms with E-state index in [1.165, 1.54) is 11.1 Å². The Morgan fingerprint density at radius 1 is 1.09 bits per heavy atom. The van der Waals surface area contributed by atoms with Crippen LogP contribution >= 0.6 is 11.6 Å². The Morgan fingerprint density at radius 3 is 2.36 bits per heavy atom. The van der Waals surface area contributed by atoms with Crippen LogP contribution in [0.4, 0.5) is 0 Å². The molecule has 240 valence electrons. The van der Waals surface area contributed by atoms with Gasteiger partial charge in [0.15, 0.2) is 5.78 Å². The summed E-state index contributed by atoms with van der Waals surface area (Å²) in [5.41, 5.74) is 8.89. The molecule has 1 aliphatic rings. The van der Waals surface area contributed by atoms with Crippen molar-refractivity contribution >= 4 is 39.9 Å². The Balaban J connectivity index is 0.000000291. The summed E-state index contributed by atoms with van der Waals surface area (Å²) < 4.78 is 1.65. The number of carbonyl (C=O) groups excluding carboxylic acids is 2. The van der Waals surface area contributed by atoms with Gasteiger partial charge in [-0.15, -0.1) is 0 Å². The molecule has 0 saturated carbocycles. The maximum absolute atomic E-state index is 12.5. The number of hydrogen-bond acceptors (Lipinski definition) is 5. The third-order valence-electron chi connectivity index (χ3n) is 7.88. The molecule has 0 spiro atoms. The summed E-state index contributed by atoms with van der Waals surface area (Å²) in [6.07, 6.45) is 3.01. The average Bonchev–Trinajstić information content (AvgIpc) is 3.34. The number of nitrogens with one attached hydrogen (secondary N) is 1. The van der Waals surface area contributed by atoms with Gasteiger partial charge in [-0.3, -0.25) is 19.3 Å². The number of hydrogen-bond donors (Lipinski definition) is 1. The van der Waals surface area contributed by atoms with E-state index in [4.69, 9.17) is 11.6 Å². The van der Waals surface area contributed by atoms with Crippen molar-refractivity contribution in [2.24, 2.45) is 18.0 Å². The van der Waals surface area contributed by atoms with E-state index in [1.807, 2.05) is 69.4 Å². The number of carbonyl (C=O) groups is 2. The van der Waals surface area contributed by atoms with Gasteiger partial charge in [0, 0.05) is 62.4 Å². The Hall–Kier alpha value is -3.81. The number of halogens is 1. The normalized spacial score (nSPS) is 12.9. The third-order valence-corrected chi connectivity index (χ3v) is 8.19. The molecule has 1 N–H and O–H groups in total. The van der Waals surface area contributed by atoms with Crippen LogP contribution in [0.2, 0.25) is 5.02 Å². The molecule has 2 heterocycles. The van der Waals surface area contributed by atoms with Gasteiger partial charge in [-0.1, -0.05) is 63.1 Å². The van der Waals surface area contributed by atoms with Crippen LogP contribution in [0.5, 0.6) is 0 Å². The first-order valence-corrected chi connectivity index (χ1v) is 16.2. The van der Waals surface area contributed by atoms with Crippen LogP contribution in [-0.4, -0.2) is 66.3 Å². The van der Waals surface area contributed by atoms with Gasteiger partial charge in [0.2, 0.25) is 0 Å². The van der Waals surface area contributed by atoms with E-state index in [1.54, 1.807) is 37.6 Å². The molecular formula is C37H48ClN5O2. The van der Waals surface area contributed by atoms with E-state index in [-0.39, 0.29) is 11.7 Å². The van der Waals surface area contributed by atoms with Gasteiger partial charge in [-0.2, -0.15) is 5.10 Å². The number of nitrogens with zero attached hydrogens (tertiary/aromatic N) is 4. The standard InChI is InChI=1S/C23H26N4O2.C12H16ClN.C2H6/c1-14(28)22-20-8-5-16(11-21(20)25-27(22)4)19-7-6-17(23(29)26(2)3)10-18(19)9-15-12-24-13-15;1-4-6-11(14-3)12-9(2)7-5-8-10(12)13;1-2/h5-8,10-11,15,24H,9,12-13H2,1-4H3;5,7-8H,4,6H2,1-3H3;1-2H3. The first-order chi connectivity index (χ1) is 21.5. The zero-order chi connectivity index (χ0) is 33.3. The molecule has 45 heavy (non-hydrogen) atoms. The molecule has 7 nitrogen and oxygen atoms in total. The van der Waals surface area contributed by atoms with E-state index >= 15 is 0 Å². The predicted molar refractivity (Wildman–Crippen MR) is 189 cm³/mol. The Bertz CT molecular complexity index is 1650. The van der Waals surface area contributed by atoms with Crippen molar-refractivity contribution in [2.75, 3.05) is 34.2 Å². The Kier molecular flexibility index (Phi) is 13.1. The lowest BCUT2D eigenvalue weighted by Gasteiger charge is -2.28. The second-order valence-corrected chi connectivity index (χ2v) is 11.8. The molecular weight excluding hydrogens is 582 g/mol. The highest BCUT2D eigenvalue weighted by atomic mass is 35.5. The fraction of sp³-hybridized carbons (Fsp3) is 0.405. The van der Waals surface area contributed by atoms with Gasteiger partial charge in [0.25, 0.3) is 5.91 Å². The maximum atomic E-state index is 12.5. The first kappa shape index (κ1) is 35.7. The minimum absolute atomic E-state index is 0.00692. The number of rotatable bonds is 8. The monoisotopic (exact) mass is 629 g/mol. The van der Waals surface area contributed by atoms with Gasteiger partial charge in [-0.05, 0) is 91.4 Å². The molecule has 0 unspecified atom stereocenters. The summed E-state index contributed by atoms with van der Waals surface area (Å²) in [7, 11) is 7.17. The zero-order valence-corrected chi connectivity index (χ0v) is 29.0. The summed E-state index contributed by atoms with van der Waals surface area (Å²) in [6.45, 7) is 11.8. The largest absolute Gasteiger partial charge is 0.345 e. The molecule has 1 aromatic heterocycles. The maximum Gasteiger partial charge on any atom is 0.253 e. The number of aromatic nitrogens is 2. The van der Waals surface area contributed by atoms with Crippen molar-refractivity contribution in [3.63, 3.8) is 0 Å². The number of benzene rings is 3. The molecule has 1 aliphatic heterocycles. The van der Waals surface area contributed by atoms with Crippen LogP contribution in [0, 0.1) is 12.8 Å². The lowest BCUT2D eigenvalue weighted by atomic mass is 9.88. The number of Topliss-reactive ketones (excluding diaryl/α,β-unsaturated/α-hetero) is 1. The van der Waals surface area contributed by atoms with E-state index < -0.39 is 0 Å². The molecule has 0 radical (unpaired) electrons. The second-order valence-electron chi connectivity index (χ2n) is 11.4. The third kappa shape index (κ3) is 8.47. The smallest absolute Gasteiger partial charge is 0.253 e. The number of ketones is 1. The predicted octanol–water partition coefficient (Wildman–Crippen LogP) is 7.80.